The summed E-state index contributed by atoms with van der Waals surface area (Å²) in [4.78, 5) is 30.3. The average Bonchev–Trinajstić information content (AvgIpc) is 3.27. The molecule has 4 rings (SSSR count). The van der Waals surface area contributed by atoms with Crippen LogP contribution in [-0.2, 0) is 20.4 Å². The number of fused-ring (bicyclic) bond motifs is 1. The maximum atomic E-state index is 10.9. The van der Waals surface area contributed by atoms with Gasteiger partial charge >= 0.3 is 7.82 Å². The zero-order valence-corrected chi connectivity index (χ0v) is 18.5. The van der Waals surface area contributed by atoms with E-state index in [1.54, 1.807) is 18.2 Å². The van der Waals surface area contributed by atoms with Gasteiger partial charge in [-0.25, -0.2) is 19.5 Å². The van der Waals surface area contributed by atoms with Gasteiger partial charge in [0, 0.05) is 16.6 Å². The van der Waals surface area contributed by atoms with Crippen molar-refractivity contribution in [3.8, 4) is 0 Å². The second kappa shape index (κ2) is 9.18. The SMILES string of the molecule is O=P(O)(O)OC[C@H]1O[C@@H](n2cnc3c(NCc4ccc(Cl)cc4Cl)ncnc32)[C@H](O)[C@@H]1O. The summed E-state index contributed by atoms with van der Waals surface area (Å²) < 4.78 is 22.3. The van der Waals surface area contributed by atoms with Gasteiger partial charge in [-0.1, -0.05) is 29.3 Å². The Labute approximate surface area is 191 Å². The number of halogens is 2. The average molecular weight is 506 g/mol. The van der Waals surface area contributed by atoms with E-state index in [1.165, 1.54) is 17.2 Å². The number of aliphatic hydroxyl groups excluding tert-OH is 2. The zero-order valence-electron chi connectivity index (χ0n) is 16.1. The van der Waals surface area contributed by atoms with Crippen LogP contribution in [-0.4, -0.2) is 64.4 Å². The van der Waals surface area contributed by atoms with Gasteiger partial charge in [0.1, 0.15) is 24.6 Å². The number of ether oxygens (including phenoxy) is 1. The summed E-state index contributed by atoms with van der Waals surface area (Å²) in [6, 6.07) is 5.12. The largest absolute Gasteiger partial charge is 0.469 e. The fourth-order valence-electron chi connectivity index (χ4n) is 3.28. The molecule has 15 heteroatoms. The van der Waals surface area contributed by atoms with E-state index < -0.39 is 39.0 Å². The number of nitrogens with one attached hydrogen (secondary N) is 1. The third-order valence-electron chi connectivity index (χ3n) is 4.84. The second-order valence-corrected chi connectivity index (χ2v) is 9.05. The van der Waals surface area contributed by atoms with Gasteiger partial charge in [-0.05, 0) is 17.7 Å². The van der Waals surface area contributed by atoms with Crippen LogP contribution in [0.5, 0.6) is 0 Å². The number of aliphatic hydroxyl groups is 2. The summed E-state index contributed by atoms with van der Waals surface area (Å²) in [5, 5.41) is 24.7. The van der Waals surface area contributed by atoms with Crippen LogP contribution in [0.2, 0.25) is 10.0 Å². The van der Waals surface area contributed by atoms with Crippen LogP contribution in [0, 0.1) is 0 Å². The summed E-state index contributed by atoms with van der Waals surface area (Å²) in [6.45, 7) is -0.284. The standard InChI is InChI=1S/C17H18Cl2N5O7P/c18-9-2-1-8(10(19)3-9)4-20-15-12-16(22-6-21-15)24(7-23-12)17-14(26)13(25)11(31-17)5-30-32(27,28)29/h1-3,6-7,11,13-14,17,25-26H,4-5H2,(H,20,21,22)(H2,27,28,29)/t11-,13-,14-,17-/m1/s1. The summed E-state index contributed by atoms with van der Waals surface area (Å²) in [5.74, 6) is 0.397. The lowest BCUT2D eigenvalue weighted by atomic mass is 10.1. The molecular weight excluding hydrogens is 488 g/mol. The number of imidazole rings is 1. The Kier molecular flexibility index (Phi) is 6.68. The van der Waals surface area contributed by atoms with E-state index in [0.717, 1.165) is 5.56 Å². The summed E-state index contributed by atoms with van der Waals surface area (Å²) in [6.07, 6.45) is -2.52. The fraction of sp³-hybridized carbons (Fsp3) is 0.353. The third-order valence-corrected chi connectivity index (χ3v) is 5.91. The van der Waals surface area contributed by atoms with Crippen molar-refractivity contribution >= 4 is 48.0 Å². The Hall–Kier alpha value is -1.86. The van der Waals surface area contributed by atoms with Crippen molar-refractivity contribution in [2.75, 3.05) is 11.9 Å². The van der Waals surface area contributed by atoms with Crippen LogP contribution in [0.3, 0.4) is 0 Å². The first-order valence-electron chi connectivity index (χ1n) is 9.21. The highest BCUT2D eigenvalue weighted by Crippen LogP contribution is 2.39. The minimum Gasteiger partial charge on any atom is -0.387 e. The Morgan fingerprint density at radius 2 is 1.97 bits per heavy atom. The molecule has 4 atom stereocenters. The van der Waals surface area contributed by atoms with Crippen LogP contribution < -0.4 is 5.32 Å². The number of anilines is 1. The molecule has 5 N–H and O–H groups in total. The Morgan fingerprint density at radius 3 is 2.69 bits per heavy atom. The predicted octanol–water partition coefficient (Wildman–Crippen LogP) is 1.47. The van der Waals surface area contributed by atoms with Crippen molar-refractivity contribution in [2.45, 2.75) is 31.1 Å². The third kappa shape index (κ3) is 4.88. The monoisotopic (exact) mass is 505 g/mol. The van der Waals surface area contributed by atoms with Crippen LogP contribution >= 0.6 is 31.0 Å². The number of benzene rings is 1. The smallest absolute Gasteiger partial charge is 0.387 e. The van der Waals surface area contributed by atoms with Crippen LogP contribution in [0.1, 0.15) is 11.8 Å². The molecule has 0 unspecified atom stereocenters. The fourth-order valence-corrected chi connectivity index (χ4v) is 4.10. The van der Waals surface area contributed by atoms with Gasteiger partial charge < -0.3 is 30.1 Å². The molecule has 0 amide bonds. The Balaban J connectivity index is 1.54. The first-order valence-corrected chi connectivity index (χ1v) is 11.5. The maximum absolute atomic E-state index is 10.9. The molecule has 1 aliphatic heterocycles. The van der Waals surface area contributed by atoms with Gasteiger partial charge in [0.25, 0.3) is 0 Å². The summed E-state index contributed by atoms with van der Waals surface area (Å²) >= 11 is 12.1. The van der Waals surface area contributed by atoms with Gasteiger partial charge in [0.15, 0.2) is 23.2 Å². The highest BCUT2D eigenvalue weighted by Gasteiger charge is 2.45. The minimum atomic E-state index is -4.77. The molecule has 3 heterocycles. The summed E-state index contributed by atoms with van der Waals surface area (Å²) in [5.41, 5.74) is 1.46. The molecular formula is C17H18Cl2N5O7P. The molecule has 1 fully saturated rings. The number of aromatic nitrogens is 4. The van der Waals surface area contributed by atoms with E-state index in [1.807, 2.05) is 0 Å². The molecule has 0 spiro atoms. The minimum absolute atomic E-state index is 0.303. The summed E-state index contributed by atoms with van der Waals surface area (Å²) in [7, 11) is -4.77. The van der Waals surface area contributed by atoms with Crippen molar-refractivity contribution in [3.63, 3.8) is 0 Å². The molecule has 0 radical (unpaired) electrons. The van der Waals surface area contributed by atoms with Crippen LogP contribution in [0.25, 0.3) is 11.2 Å². The molecule has 32 heavy (non-hydrogen) atoms. The molecule has 2 aromatic heterocycles. The number of rotatable bonds is 7. The normalized spacial score (nSPS) is 23.7. The molecule has 1 aliphatic rings. The molecule has 172 valence electrons. The first kappa shape index (κ1) is 23.3. The van der Waals surface area contributed by atoms with Crippen molar-refractivity contribution in [1.29, 1.82) is 0 Å². The highest BCUT2D eigenvalue weighted by atomic mass is 35.5. The van der Waals surface area contributed by atoms with Gasteiger partial charge in [-0.2, -0.15) is 0 Å². The highest BCUT2D eigenvalue weighted by molar-refractivity contribution is 7.46. The quantitative estimate of drug-likeness (QED) is 0.294. The predicted molar refractivity (Wildman–Crippen MR) is 113 cm³/mol. The second-order valence-electron chi connectivity index (χ2n) is 6.97. The Morgan fingerprint density at radius 1 is 1.19 bits per heavy atom. The van der Waals surface area contributed by atoms with Crippen molar-refractivity contribution in [3.05, 3.63) is 46.5 Å². The van der Waals surface area contributed by atoms with Gasteiger partial charge in [0.2, 0.25) is 0 Å². The molecule has 3 aromatic rings. The maximum Gasteiger partial charge on any atom is 0.469 e. The number of phosphoric acid groups is 1. The van der Waals surface area contributed by atoms with E-state index in [0.29, 0.717) is 33.6 Å². The van der Waals surface area contributed by atoms with Crippen molar-refractivity contribution in [2.24, 2.45) is 0 Å². The zero-order chi connectivity index (χ0) is 23.0. The van der Waals surface area contributed by atoms with Gasteiger partial charge in [-0.15, -0.1) is 0 Å². The lowest BCUT2D eigenvalue weighted by Gasteiger charge is -2.16. The first-order chi connectivity index (χ1) is 15.1. The number of nitrogens with zero attached hydrogens (tertiary/aromatic N) is 4. The van der Waals surface area contributed by atoms with Crippen molar-refractivity contribution < 1.29 is 33.8 Å². The number of hydrogen-bond acceptors (Lipinski definition) is 9. The Bertz CT molecular complexity index is 1180. The molecule has 0 aliphatic carbocycles. The lowest BCUT2D eigenvalue weighted by molar-refractivity contribution is -0.0504. The van der Waals surface area contributed by atoms with E-state index in [4.69, 9.17) is 37.7 Å². The molecule has 12 nitrogen and oxygen atoms in total. The van der Waals surface area contributed by atoms with Gasteiger partial charge in [0.05, 0.1) is 12.9 Å². The van der Waals surface area contributed by atoms with E-state index in [9.17, 15) is 14.8 Å². The van der Waals surface area contributed by atoms with Crippen molar-refractivity contribution in [1.82, 2.24) is 19.5 Å². The molecule has 0 bridgehead atoms. The topological polar surface area (TPSA) is 172 Å². The molecule has 1 saturated heterocycles. The van der Waals surface area contributed by atoms with Gasteiger partial charge in [-0.3, -0.25) is 9.09 Å². The van der Waals surface area contributed by atoms with E-state index in [-0.39, 0.29) is 0 Å². The van der Waals surface area contributed by atoms with E-state index >= 15 is 0 Å². The molecule has 1 aromatic carbocycles. The number of phosphoric ester groups is 1. The van der Waals surface area contributed by atoms with Crippen LogP contribution in [0.15, 0.2) is 30.9 Å². The lowest BCUT2D eigenvalue weighted by Crippen LogP contribution is -2.33. The van der Waals surface area contributed by atoms with E-state index in [2.05, 4.69) is 24.8 Å². The number of hydrogen-bond donors (Lipinski definition) is 5. The van der Waals surface area contributed by atoms with Crippen LogP contribution in [0.4, 0.5) is 5.82 Å². The molecule has 0 saturated carbocycles.